The summed E-state index contributed by atoms with van der Waals surface area (Å²) in [5, 5.41) is 32.0. The molecule has 8 nitrogen and oxygen atoms in total. The minimum atomic E-state index is -0.211. The van der Waals surface area contributed by atoms with Crippen LogP contribution < -0.4 is 5.43 Å². The van der Waals surface area contributed by atoms with E-state index < -0.39 is 0 Å². The molecule has 2 aromatic carbocycles. The SMILES string of the molecule is Cc1ccc2[nH]c3nc(N/N=C\c4ccc(O)c(O)c4)nnc3c2c1. The predicted octanol–water partition coefficient (Wildman–Crippen LogP) is 2.67. The van der Waals surface area contributed by atoms with Crippen molar-refractivity contribution in [3.8, 4) is 11.5 Å². The zero-order valence-corrected chi connectivity index (χ0v) is 13.2. The first-order chi connectivity index (χ1) is 12.1. The Kier molecular flexibility index (Phi) is 3.42. The van der Waals surface area contributed by atoms with E-state index in [-0.39, 0.29) is 17.4 Å². The quantitative estimate of drug-likeness (QED) is 0.260. The maximum Gasteiger partial charge on any atom is 0.265 e. The number of rotatable bonds is 3. The van der Waals surface area contributed by atoms with E-state index in [0.29, 0.717) is 16.7 Å². The van der Waals surface area contributed by atoms with Gasteiger partial charge in [-0.15, -0.1) is 10.2 Å². The van der Waals surface area contributed by atoms with Gasteiger partial charge in [-0.25, -0.2) is 5.43 Å². The normalized spacial score (nSPS) is 11.6. The topological polar surface area (TPSA) is 119 Å². The number of hydrogen-bond donors (Lipinski definition) is 4. The van der Waals surface area contributed by atoms with E-state index in [4.69, 9.17) is 0 Å². The highest BCUT2D eigenvalue weighted by atomic mass is 16.3. The van der Waals surface area contributed by atoms with Gasteiger partial charge in [-0.1, -0.05) is 11.6 Å². The van der Waals surface area contributed by atoms with E-state index in [1.807, 2.05) is 25.1 Å². The third kappa shape index (κ3) is 2.80. The Bertz CT molecular complexity index is 1120. The van der Waals surface area contributed by atoms with Crippen LogP contribution in [0.2, 0.25) is 0 Å². The number of aromatic nitrogens is 4. The van der Waals surface area contributed by atoms with Crippen LogP contribution >= 0.6 is 0 Å². The van der Waals surface area contributed by atoms with Gasteiger partial charge in [-0.3, -0.25) is 0 Å². The van der Waals surface area contributed by atoms with Crippen LogP contribution in [0, 0.1) is 6.92 Å². The number of phenols is 2. The summed E-state index contributed by atoms with van der Waals surface area (Å²) in [6, 6.07) is 10.4. The Labute approximate surface area is 141 Å². The second-order valence-corrected chi connectivity index (χ2v) is 5.62. The molecule has 0 aliphatic rings. The van der Waals surface area contributed by atoms with Gasteiger partial charge < -0.3 is 15.2 Å². The molecule has 0 amide bonds. The predicted molar refractivity (Wildman–Crippen MR) is 94.9 cm³/mol. The second kappa shape index (κ2) is 5.75. The van der Waals surface area contributed by atoms with Crippen molar-refractivity contribution in [2.75, 3.05) is 5.43 Å². The van der Waals surface area contributed by atoms with Crippen LogP contribution in [0.25, 0.3) is 22.1 Å². The van der Waals surface area contributed by atoms with Crippen LogP contribution in [0.5, 0.6) is 11.5 Å². The Morgan fingerprint density at radius 2 is 1.96 bits per heavy atom. The third-order valence-electron chi connectivity index (χ3n) is 3.75. The summed E-state index contributed by atoms with van der Waals surface area (Å²) >= 11 is 0. The fraction of sp³-hybridized carbons (Fsp3) is 0.0588. The molecule has 0 unspecified atom stereocenters. The average Bonchev–Trinajstić information content (AvgIpc) is 2.95. The highest BCUT2D eigenvalue weighted by Crippen LogP contribution is 2.24. The molecule has 0 spiro atoms. The second-order valence-electron chi connectivity index (χ2n) is 5.62. The molecule has 0 saturated carbocycles. The lowest BCUT2D eigenvalue weighted by molar-refractivity contribution is 0.403. The Morgan fingerprint density at radius 3 is 2.80 bits per heavy atom. The molecule has 2 aromatic heterocycles. The number of fused-ring (bicyclic) bond motifs is 3. The summed E-state index contributed by atoms with van der Waals surface area (Å²) in [5.41, 5.74) is 6.72. The van der Waals surface area contributed by atoms with E-state index in [1.165, 1.54) is 18.3 Å². The number of aryl methyl sites for hydroxylation is 1. The molecule has 8 heteroatoms. The molecular weight excluding hydrogens is 320 g/mol. The number of hydrogen-bond acceptors (Lipinski definition) is 7. The fourth-order valence-corrected chi connectivity index (χ4v) is 2.52. The van der Waals surface area contributed by atoms with Gasteiger partial charge in [-0.2, -0.15) is 10.1 Å². The molecule has 0 saturated heterocycles. The number of hydrazone groups is 1. The summed E-state index contributed by atoms with van der Waals surface area (Å²) in [6.07, 6.45) is 1.47. The van der Waals surface area contributed by atoms with Crippen molar-refractivity contribution >= 4 is 34.2 Å². The lowest BCUT2D eigenvalue weighted by Gasteiger charge is -1.99. The highest BCUT2D eigenvalue weighted by molar-refractivity contribution is 6.03. The maximum absolute atomic E-state index is 9.45. The van der Waals surface area contributed by atoms with Gasteiger partial charge in [0, 0.05) is 10.9 Å². The molecule has 0 radical (unpaired) electrons. The van der Waals surface area contributed by atoms with Crippen molar-refractivity contribution in [1.29, 1.82) is 0 Å². The van der Waals surface area contributed by atoms with Crippen LogP contribution in [-0.2, 0) is 0 Å². The van der Waals surface area contributed by atoms with E-state index in [2.05, 4.69) is 30.7 Å². The van der Waals surface area contributed by atoms with Crippen molar-refractivity contribution < 1.29 is 10.2 Å². The van der Waals surface area contributed by atoms with Gasteiger partial charge in [0.1, 0.15) is 5.52 Å². The number of H-pyrrole nitrogens is 1. The zero-order chi connectivity index (χ0) is 17.4. The van der Waals surface area contributed by atoms with Gasteiger partial charge >= 0.3 is 0 Å². The van der Waals surface area contributed by atoms with Crippen molar-refractivity contribution in [3.63, 3.8) is 0 Å². The summed E-state index contributed by atoms with van der Waals surface area (Å²) in [5.74, 6) is -0.149. The van der Waals surface area contributed by atoms with Crippen LogP contribution in [0.1, 0.15) is 11.1 Å². The summed E-state index contributed by atoms with van der Waals surface area (Å²) in [7, 11) is 0. The summed E-state index contributed by atoms with van der Waals surface area (Å²) < 4.78 is 0. The molecule has 0 aliphatic carbocycles. The lowest BCUT2D eigenvalue weighted by atomic mass is 10.2. The largest absolute Gasteiger partial charge is 0.504 e. The lowest BCUT2D eigenvalue weighted by Crippen LogP contribution is -1.99. The van der Waals surface area contributed by atoms with E-state index in [0.717, 1.165) is 16.5 Å². The van der Waals surface area contributed by atoms with E-state index >= 15 is 0 Å². The molecule has 25 heavy (non-hydrogen) atoms. The number of nitrogens with zero attached hydrogens (tertiary/aromatic N) is 4. The Hall–Kier alpha value is -3.68. The number of anilines is 1. The van der Waals surface area contributed by atoms with Crippen LogP contribution in [0.4, 0.5) is 5.95 Å². The monoisotopic (exact) mass is 334 g/mol. The molecule has 2 heterocycles. The molecule has 4 aromatic rings. The van der Waals surface area contributed by atoms with Gasteiger partial charge in [0.05, 0.1) is 6.21 Å². The molecular formula is C17H14N6O2. The number of aromatic hydroxyl groups is 2. The smallest absolute Gasteiger partial charge is 0.265 e. The summed E-state index contributed by atoms with van der Waals surface area (Å²) in [6.45, 7) is 2.02. The maximum atomic E-state index is 9.45. The molecule has 0 aliphatic heterocycles. The number of aromatic amines is 1. The first-order valence-corrected chi connectivity index (χ1v) is 7.54. The molecule has 0 bridgehead atoms. The zero-order valence-electron chi connectivity index (χ0n) is 13.2. The van der Waals surface area contributed by atoms with Crippen molar-refractivity contribution in [1.82, 2.24) is 20.2 Å². The molecule has 0 fully saturated rings. The number of nitrogens with one attached hydrogen (secondary N) is 2. The Balaban J connectivity index is 1.60. The standard InChI is InChI=1S/C17H14N6O2/c1-9-2-4-12-11(6-9)15-16(19-12)20-17(23-21-15)22-18-8-10-3-5-13(24)14(25)7-10/h2-8,24-25H,1H3,(H2,19,20,22,23)/b18-8-. The van der Waals surface area contributed by atoms with Crippen molar-refractivity contribution in [2.24, 2.45) is 5.10 Å². The number of phenolic OH excluding ortho intramolecular Hbond substituents is 2. The first kappa shape index (κ1) is 14.9. The molecule has 0 atom stereocenters. The minimum absolute atomic E-state index is 0.183. The third-order valence-corrected chi connectivity index (χ3v) is 3.75. The first-order valence-electron chi connectivity index (χ1n) is 7.54. The van der Waals surface area contributed by atoms with Crippen LogP contribution in [-0.4, -0.2) is 36.6 Å². The average molecular weight is 334 g/mol. The molecule has 4 rings (SSSR count). The van der Waals surface area contributed by atoms with Crippen molar-refractivity contribution in [3.05, 3.63) is 47.5 Å². The molecule has 4 N–H and O–H groups in total. The van der Waals surface area contributed by atoms with Crippen LogP contribution in [0.3, 0.4) is 0 Å². The summed E-state index contributed by atoms with van der Waals surface area (Å²) in [4.78, 5) is 7.56. The van der Waals surface area contributed by atoms with E-state index in [1.54, 1.807) is 6.07 Å². The Morgan fingerprint density at radius 1 is 1.08 bits per heavy atom. The minimum Gasteiger partial charge on any atom is -0.504 e. The van der Waals surface area contributed by atoms with Gasteiger partial charge in [-0.05, 0) is 42.8 Å². The van der Waals surface area contributed by atoms with E-state index in [9.17, 15) is 10.2 Å². The fourth-order valence-electron chi connectivity index (χ4n) is 2.52. The highest BCUT2D eigenvalue weighted by Gasteiger charge is 2.08. The van der Waals surface area contributed by atoms with Crippen molar-refractivity contribution in [2.45, 2.75) is 6.92 Å². The van der Waals surface area contributed by atoms with Crippen LogP contribution in [0.15, 0.2) is 41.5 Å². The molecule has 124 valence electrons. The van der Waals surface area contributed by atoms with Gasteiger partial charge in [0.15, 0.2) is 17.1 Å². The van der Waals surface area contributed by atoms with Gasteiger partial charge in [0.2, 0.25) is 0 Å². The number of benzene rings is 2. The van der Waals surface area contributed by atoms with Gasteiger partial charge in [0.25, 0.3) is 5.95 Å².